The molecule has 0 unspecified atom stereocenters. The first-order valence-corrected chi connectivity index (χ1v) is 12.0. The van der Waals surface area contributed by atoms with E-state index in [9.17, 15) is 26.4 Å². The molecule has 4 rings (SSSR count). The number of aryl methyl sites for hydroxylation is 1. The van der Waals surface area contributed by atoms with Crippen molar-refractivity contribution < 1.29 is 35.3 Å². The Balaban J connectivity index is 1.64. The molecule has 0 spiro atoms. The lowest BCUT2D eigenvalue weighted by atomic mass is 10.1. The second-order valence-electron chi connectivity index (χ2n) is 7.79. The number of alkyl halides is 3. The summed E-state index contributed by atoms with van der Waals surface area (Å²) in [5.74, 6) is -0.274. The van der Waals surface area contributed by atoms with Gasteiger partial charge in [0, 0.05) is 23.2 Å². The van der Waals surface area contributed by atoms with Crippen LogP contribution < -0.4 is 20.0 Å². The van der Waals surface area contributed by atoms with E-state index >= 15 is 0 Å². The van der Waals surface area contributed by atoms with Crippen molar-refractivity contribution in [1.29, 1.82) is 0 Å². The largest absolute Gasteiger partial charge is 0.534 e. The van der Waals surface area contributed by atoms with Crippen molar-refractivity contribution in [1.82, 2.24) is 14.5 Å². The van der Waals surface area contributed by atoms with Crippen LogP contribution in [0.2, 0.25) is 0 Å². The average Bonchev–Trinajstić information content (AvgIpc) is 3.17. The molecule has 0 saturated carbocycles. The van der Waals surface area contributed by atoms with Gasteiger partial charge in [-0.25, -0.2) is 4.98 Å². The van der Waals surface area contributed by atoms with Crippen molar-refractivity contribution in [3.05, 3.63) is 71.5 Å². The summed E-state index contributed by atoms with van der Waals surface area (Å²) in [7, 11) is -4.39. The molecule has 194 valence electrons. The van der Waals surface area contributed by atoms with Crippen LogP contribution in [0.5, 0.6) is 11.5 Å². The van der Waals surface area contributed by atoms with Crippen LogP contribution in [0, 0.1) is 6.92 Å². The molecular formula is C23H20F3N5O5S. The van der Waals surface area contributed by atoms with Crippen molar-refractivity contribution in [3.63, 3.8) is 0 Å². The summed E-state index contributed by atoms with van der Waals surface area (Å²) in [5.41, 5.74) is 2.09. The number of fused-ring (bicyclic) bond motifs is 1. The number of hydrogen-bond donors (Lipinski definition) is 2. The molecule has 0 aliphatic rings. The van der Waals surface area contributed by atoms with Crippen LogP contribution in [-0.4, -0.2) is 41.5 Å². The lowest BCUT2D eigenvalue weighted by Crippen LogP contribution is -2.28. The number of benzene rings is 2. The summed E-state index contributed by atoms with van der Waals surface area (Å²) >= 11 is 0. The molecule has 0 aliphatic heterocycles. The Morgan fingerprint density at radius 2 is 1.89 bits per heavy atom. The van der Waals surface area contributed by atoms with Gasteiger partial charge in [0.15, 0.2) is 11.6 Å². The van der Waals surface area contributed by atoms with Crippen LogP contribution >= 0.6 is 0 Å². The molecule has 4 aromatic rings. The highest BCUT2D eigenvalue weighted by Gasteiger charge is 2.48. The fourth-order valence-electron chi connectivity index (χ4n) is 3.66. The SMILES string of the molecule is COc1cnc(-n2c(C)cc3c(C(N)=O)cccc32)nc1NCc1cccc(OS(=O)(=O)C(F)(F)F)c1. The van der Waals surface area contributed by atoms with Gasteiger partial charge in [-0.1, -0.05) is 18.2 Å². The molecule has 0 fully saturated rings. The fraction of sp³-hybridized carbons (Fsp3) is 0.174. The lowest BCUT2D eigenvalue weighted by molar-refractivity contribution is -0.0500. The molecule has 1 amide bonds. The quantitative estimate of drug-likeness (QED) is 0.257. The highest BCUT2D eigenvalue weighted by molar-refractivity contribution is 7.88. The maximum Gasteiger partial charge on any atom is 0.534 e. The van der Waals surface area contributed by atoms with Gasteiger partial charge >= 0.3 is 15.6 Å². The van der Waals surface area contributed by atoms with E-state index in [1.807, 2.05) is 6.92 Å². The first-order valence-electron chi connectivity index (χ1n) is 10.6. The number of halogens is 3. The van der Waals surface area contributed by atoms with Crippen molar-refractivity contribution in [2.45, 2.75) is 19.0 Å². The van der Waals surface area contributed by atoms with Crippen LogP contribution in [0.3, 0.4) is 0 Å². The standard InChI is InChI=1S/C23H20F3N5O5S/c1-13-9-17-16(20(27)32)7-4-8-18(17)31(13)22-29-12-19(35-2)21(30-22)28-11-14-5-3-6-15(10-14)36-37(33,34)23(24,25)26/h3-10,12H,11H2,1-2H3,(H2,27,32)(H,28,29,30). The molecule has 0 bridgehead atoms. The normalized spacial score (nSPS) is 11.9. The number of nitrogens with one attached hydrogen (secondary N) is 1. The summed E-state index contributed by atoms with van der Waals surface area (Å²) in [6.07, 6.45) is 1.43. The van der Waals surface area contributed by atoms with E-state index in [1.165, 1.54) is 19.4 Å². The van der Waals surface area contributed by atoms with Crippen LogP contribution in [0.1, 0.15) is 21.6 Å². The summed E-state index contributed by atoms with van der Waals surface area (Å²) in [6, 6.07) is 12.0. The van der Waals surface area contributed by atoms with Gasteiger partial charge in [0.05, 0.1) is 18.8 Å². The predicted octanol–water partition coefficient (Wildman–Crippen LogP) is 3.68. The van der Waals surface area contributed by atoms with Gasteiger partial charge in [-0.05, 0) is 42.8 Å². The minimum absolute atomic E-state index is 0.0350. The number of carbonyl (C=O) groups excluding carboxylic acids is 1. The third kappa shape index (κ3) is 5.14. The van der Waals surface area contributed by atoms with Gasteiger partial charge in [0.25, 0.3) is 0 Å². The molecule has 2 heterocycles. The fourth-order valence-corrected chi connectivity index (χ4v) is 4.11. The molecule has 3 N–H and O–H groups in total. The second kappa shape index (κ2) is 9.61. The lowest BCUT2D eigenvalue weighted by Gasteiger charge is -2.14. The number of ether oxygens (including phenoxy) is 1. The molecule has 2 aromatic heterocycles. The van der Waals surface area contributed by atoms with Crippen LogP contribution in [-0.2, 0) is 16.7 Å². The number of carbonyl (C=O) groups is 1. The third-order valence-corrected chi connectivity index (χ3v) is 6.28. The molecule has 37 heavy (non-hydrogen) atoms. The van der Waals surface area contributed by atoms with E-state index in [-0.39, 0.29) is 24.1 Å². The van der Waals surface area contributed by atoms with Gasteiger partial charge in [-0.2, -0.15) is 26.6 Å². The molecule has 0 atom stereocenters. The Labute approximate surface area is 209 Å². The minimum atomic E-state index is -5.80. The highest BCUT2D eigenvalue weighted by Crippen LogP contribution is 2.30. The maximum absolute atomic E-state index is 12.6. The highest BCUT2D eigenvalue weighted by atomic mass is 32.2. The molecule has 14 heteroatoms. The van der Waals surface area contributed by atoms with E-state index < -0.39 is 27.3 Å². The van der Waals surface area contributed by atoms with Gasteiger partial charge in [-0.15, -0.1) is 0 Å². The van der Waals surface area contributed by atoms with Crippen LogP contribution in [0.15, 0.2) is 54.7 Å². The Bertz CT molecular complexity index is 1600. The van der Waals surface area contributed by atoms with Crippen molar-refractivity contribution in [3.8, 4) is 17.4 Å². The number of amides is 1. The Morgan fingerprint density at radius 3 is 2.57 bits per heavy atom. The Kier molecular flexibility index (Phi) is 6.69. The monoisotopic (exact) mass is 535 g/mol. The summed E-state index contributed by atoms with van der Waals surface area (Å²) in [4.78, 5) is 20.7. The van der Waals surface area contributed by atoms with Gasteiger partial charge in [0.2, 0.25) is 11.9 Å². The predicted molar refractivity (Wildman–Crippen MR) is 128 cm³/mol. The van der Waals surface area contributed by atoms with Gasteiger partial charge < -0.3 is 20.0 Å². The van der Waals surface area contributed by atoms with Gasteiger partial charge in [0.1, 0.15) is 5.75 Å². The molecule has 2 aromatic carbocycles. The summed E-state index contributed by atoms with van der Waals surface area (Å²) in [6.45, 7) is 1.85. The number of aromatic nitrogens is 3. The number of nitrogens with zero attached hydrogens (tertiary/aromatic N) is 3. The Morgan fingerprint density at radius 1 is 1.16 bits per heavy atom. The molecule has 10 nitrogen and oxygen atoms in total. The van der Waals surface area contributed by atoms with Crippen molar-refractivity contribution in [2.24, 2.45) is 5.73 Å². The zero-order valence-corrected chi connectivity index (χ0v) is 20.2. The number of nitrogens with two attached hydrogens (primary N) is 1. The number of methoxy groups -OCH3 is 1. The molecule has 0 aliphatic carbocycles. The van der Waals surface area contributed by atoms with E-state index in [1.54, 1.807) is 34.9 Å². The first kappa shape index (κ1) is 25.8. The third-order valence-electron chi connectivity index (χ3n) is 5.31. The smallest absolute Gasteiger partial charge is 0.491 e. The maximum atomic E-state index is 12.6. The van der Waals surface area contributed by atoms with E-state index in [0.717, 1.165) is 17.8 Å². The van der Waals surface area contributed by atoms with Crippen LogP contribution in [0.4, 0.5) is 19.0 Å². The zero-order valence-electron chi connectivity index (χ0n) is 19.4. The average molecular weight is 536 g/mol. The zero-order chi connectivity index (χ0) is 27.0. The van der Waals surface area contributed by atoms with E-state index in [4.69, 9.17) is 10.5 Å². The summed E-state index contributed by atoms with van der Waals surface area (Å²) < 4.78 is 71.7. The van der Waals surface area contributed by atoms with E-state index in [2.05, 4.69) is 19.5 Å². The van der Waals surface area contributed by atoms with Gasteiger partial charge in [-0.3, -0.25) is 9.36 Å². The Hall–Kier alpha value is -4.33. The molecule has 0 saturated heterocycles. The second-order valence-corrected chi connectivity index (χ2v) is 9.33. The number of hydrogen-bond acceptors (Lipinski definition) is 8. The minimum Gasteiger partial charge on any atom is -0.491 e. The number of primary amides is 1. The number of rotatable bonds is 8. The molecule has 0 radical (unpaired) electrons. The summed E-state index contributed by atoms with van der Waals surface area (Å²) in [5, 5.41) is 3.64. The number of anilines is 1. The van der Waals surface area contributed by atoms with E-state index in [0.29, 0.717) is 22.0 Å². The van der Waals surface area contributed by atoms with Crippen LogP contribution in [0.25, 0.3) is 16.9 Å². The van der Waals surface area contributed by atoms with Crippen molar-refractivity contribution in [2.75, 3.05) is 12.4 Å². The van der Waals surface area contributed by atoms with Crippen molar-refractivity contribution >= 4 is 32.7 Å². The topological polar surface area (TPSA) is 138 Å². The first-order chi connectivity index (χ1) is 17.4. The molecular weight excluding hydrogens is 515 g/mol.